The summed E-state index contributed by atoms with van der Waals surface area (Å²) in [5.41, 5.74) is 0. The Balaban J connectivity index is 0. The number of ether oxygens (including phenoxy) is 1. The monoisotopic (exact) mass is 286 g/mol. The minimum atomic E-state index is 0. The van der Waals surface area contributed by atoms with Gasteiger partial charge >= 0.3 is 23.1 Å². The predicted molar refractivity (Wildman–Crippen MR) is 56.4 cm³/mol. The quantitative estimate of drug-likeness (QED) is 0.553. The zero-order valence-corrected chi connectivity index (χ0v) is 12.1. The van der Waals surface area contributed by atoms with Crippen molar-refractivity contribution in [3.8, 4) is 5.75 Å². The standard InChI is InChI=1S/C10H12ClO.BrH.Mg/c1-8(2)7-12-10-5-3-9(11)4-6-10;;/h3-5,8H,7H2,1-2H3;1H;/q-1;;+2/p-1. The molecule has 1 aromatic rings. The van der Waals surface area contributed by atoms with Crippen LogP contribution in [-0.2, 0) is 0 Å². The summed E-state index contributed by atoms with van der Waals surface area (Å²) in [5.74, 6) is 1.29. The maximum atomic E-state index is 5.69. The first kappa shape index (κ1) is 17.0. The van der Waals surface area contributed by atoms with Crippen LogP contribution in [0.3, 0.4) is 0 Å². The summed E-state index contributed by atoms with van der Waals surface area (Å²) in [4.78, 5) is 0. The van der Waals surface area contributed by atoms with Gasteiger partial charge in [0.05, 0.1) is 6.61 Å². The van der Waals surface area contributed by atoms with Crippen LogP contribution in [0, 0.1) is 12.0 Å². The molecule has 0 heterocycles. The first-order valence-corrected chi connectivity index (χ1v) is 4.36. The third kappa shape index (κ3) is 6.93. The van der Waals surface area contributed by atoms with E-state index in [1.54, 1.807) is 12.1 Å². The van der Waals surface area contributed by atoms with Crippen molar-refractivity contribution in [3.63, 3.8) is 0 Å². The number of hydrogen-bond acceptors (Lipinski definition) is 1. The van der Waals surface area contributed by atoms with E-state index < -0.39 is 0 Å². The molecule has 0 spiro atoms. The molecule has 0 saturated heterocycles. The summed E-state index contributed by atoms with van der Waals surface area (Å²) in [6.07, 6.45) is 0. The molecule has 0 saturated carbocycles. The summed E-state index contributed by atoms with van der Waals surface area (Å²) in [7, 11) is 0. The summed E-state index contributed by atoms with van der Waals surface area (Å²) in [6.45, 7) is 4.93. The van der Waals surface area contributed by atoms with Crippen molar-refractivity contribution < 1.29 is 21.7 Å². The smallest absolute Gasteiger partial charge is 1.00 e. The van der Waals surface area contributed by atoms with Gasteiger partial charge in [-0.2, -0.15) is 23.7 Å². The van der Waals surface area contributed by atoms with Gasteiger partial charge in [-0.15, -0.1) is 12.1 Å². The van der Waals surface area contributed by atoms with Gasteiger partial charge in [0.1, 0.15) is 0 Å². The first-order valence-electron chi connectivity index (χ1n) is 3.98. The van der Waals surface area contributed by atoms with E-state index in [4.69, 9.17) is 16.3 Å². The first-order chi connectivity index (χ1) is 5.68. The van der Waals surface area contributed by atoms with Gasteiger partial charge < -0.3 is 21.7 Å². The molecule has 0 amide bonds. The molecule has 0 aromatic heterocycles. The van der Waals surface area contributed by atoms with Crippen molar-refractivity contribution in [1.82, 2.24) is 0 Å². The Labute approximate surface area is 117 Å². The van der Waals surface area contributed by atoms with E-state index in [0.717, 1.165) is 12.4 Å². The fourth-order valence-corrected chi connectivity index (χ4v) is 0.855. The van der Waals surface area contributed by atoms with Crippen molar-refractivity contribution in [2.24, 2.45) is 5.92 Å². The maximum absolute atomic E-state index is 5.69. The summed E-state index contributed by atoms with van der Waals surface area (Å²) >= 11 is 5.69. The van der Waals surface area contributed by atoms with Crippen LogP contribution in [0.2, 0.25) is 5.02 Å². The van der Waals surface area contributed by atoms with Gasteiger partial charge in [-0.25, -0.2) is 0 Å². The van der Waals surface area contributed by atoms with Crippen LogP contribution >= 0.6 is 11.6 Å². The van der Waals surface area contributed by atoms with E-state index >= 15 is 0 Å². The Kier molecular flexibility index (Phi) is 10.7. The zero-order chi connectivity index (χ0) is 8.97. The molecule has 14 heavy (non-hydrogen) atoms. The number of halogens is 2. The van der Waals surface area contributed by atoms with Crippen molar-refractivity contribution in [2.45, 2.75) is 13.8 Å². The van der Waals surface area contributed by atoms with Crippen molar-refractivity contribution in [3.05, 3.63) is 29.3 Å². The molecule has 0 bridgehead atoms. The molecular formula is C10H12BrClMgO. The van der Waals surface area contributed by atoms with Gasteiger partial charge in [0.15, 0.2) is 0 Å². The van der Waals surface area contributed by atoms with Gasteiger partial charge in [0, 0.05) is 5.75 Å². The Hall–Kier alpha value is 0.556. The molecule has 1 nitrogen and oxygen atoms in total. The molecule has 1 rings (SSSR count). The van der Waals surface area contributed by atoms with Crippen LogP contribution in [0.5, 0.6) is 5.75 Å². The predicted octanol–water partition coefficient (Wildman–Crippen LogP) is -0.202. The summed E-state index contributed by atoms with van der Waals surface area (Å²) in [5, 5.41) is 0.687. The molecule has 0 fully saturated rings. The molecule has 0 unspecified atom stereocenters. The van der Waals surface area contributed by atoms with Crippen molar-refractivity contribution in [2.75, 3.05) is 6.61 Å². The number of hydrogen-bond donors (Lipinski definition) is 0. The molecule has 0 N–H and O–H groups in total. The Morgan fingerprint density at radius 1 is 1.43 bits per heavy atom. The van der Waals surface area contributed by atoms with Crippen molar-refractivity contribution >= 4 is 34.7 Å². The molecule has 74 valence electrons. The van der Waals surface area contributed by atoms with Crippen LogP contribution in [-0.4, -0.2) is 29.7 Å². The van der Waals surface area contributed by atoms with Crippen LogP contribution in [0.25, 0.3) is 0 Å². The minimum Gasteiger partial charge on any atom is -1.00 e. The molecule has 1 aromatic carbocycles. The molecule has 0 aliphatic rings. The van der Waals surface area contributed by atoms with Gasteiger partial charge in [-0.3, -0.25) is 0 Å². The zero-order valence-electron chi connectivity index (χ0n) is 8.39. The SMILES string of the molecule is CC(C)COc1[c-]cc(Cl)cc1.[Br-].[Mg+2]. The molecular weight excluding hydrogens is 276 g/mol. The summed E-state index contributed by atoms with van der Waals surface area (Å²) in [6, 6.07) is 8.27. The molecule has 4 heteroatoms. The fourth-order valence-electron chi connectivity index (χ4n) is 0.738. The van der Waals surface area contributed by atoms with E-state index in [-0.39, 0.29) is 40.0 Å². The average Bonchev–Trinajstić information content (AvgIpc) is 2.03. The van der Waals surface area contributed by atoms with Crippen LogP contribution in [0.15, 0.2) is 18.2 Å². The number of benzene rings is 1. The van der Waals surface area contributed by atoms with Crippen molar-refractivity contribution in [1.29, 1.82) is 0 Å². The topological polar surface area (TPSA) is 9.23 Å². The van der Waals surface area contributed by atoms with Crippen LogP contribution in [0.4, 0.5) is 0 Å². The second-order valence-corrected chi connectivity index (χ2v) is 3.51. The maximum Gasteiger partial charge on any atom is 2.00 e. The van der Waals surface area contributed by atoms with E-state index in [2.05, 4.69) is 19.9 Å². The summed E-state index contributed by atoms with van der Waals surface area (Å²) < 4.78 is 5.41. The van der Waals surface area contributed by atoms with Gasteiger partial charge in [-0.1, -0.05) is 18.9 Å². The third-order valence-corrected chi connectivity index (χ3v) is 1.55. The van der Waals surface area contributed by atoms with E-state index in [1.165, 1.54) is 0 Å². The van der Waals surface area contributed by atoms with E-state index in [1.807, 2.05) is 6.07 Å². The molecule has 0 aliphatic carbocycles. The van der Waals surface area contributed by atoms with E-state index in [0.29, 0.717) is 10.9 Å². The largest absolute Gasteiger partial charge is 2.00 e. The third-order valence-electron chi connectivity index (χ3n) is 1.32. The van der Waals surface area contributed by atoms with Gasteiger partial charge in [0.25, 0.3) is 0 Å². The Morgan fingerprint density at radius 2 is 2.07 bits per heavy atom. The molecule has 0 radical (unpaired) electrons. The minimum absolute atomic E-state index is 0. The Bertz CT molecular complexity index is 238. The second-order valence-electron chi connectivity index (χ2n) is 3.08. The Morgan fingerprint density at radius 3 is 2.50 bits per heavy atom. The fraction of sp³-hybridized carbons (Fsp3) is 0.400. The average molecular weight is 288 g/mol. The second kappa shape index (κ2) is 8.83. The molecule has 0 atom stereocenters. The molecule has 0 aliphatic heterocycles. The van der Waals surface area contributed by atoms with E-state index in [9.17, 15) is 0 Å². The van der Waals surface area contributed by atoms with Gasteiger partial charge in [0.2, 0.25) is 0 Å². The number of rotatable bonds is 3. The normalized spacial score (nSPS) is 8.86. The van der Waals surface area contributed by atoms with Crippen LogP contribution in [0.1, 0.15) is 13.8 Å². The van der Waals surface area contributed by atoms with Gasteiger partial charge in [-0.05, 0) is 5.92 Å². The van der Waals surface area contributed by atoms with Crippen LogP contribution < -0.4 is 21.7 Å².